The van der Waals surface area contributed by atoms with Crippen LogP contribution in [-0.2, 0) is 0 Å². The zero-order valence-corrected chi connectivity index (χ0v) is 10.8. The molecule has 1 aromatic rings. The number of halogens is 1. The van der Waals surface area contributed by atoms with Gasteiger partial charge in [0.25, 0.3) is 0 Å². The third-order valence-electron chi connectivity index (χ3n) is 2.47. The normalized spacial score (nSPS) is 15.4. The summed E-state index contributed by atoms with van der Waals surface area (Å²) in [6.45, 7) is 1.78. The van der Waals surface area contributed by atoms with Gasteiger partial charge >= 0.3 is 0 Å². The van der Waals surface area contributed by atoms with Gasteiger partial charge in [0.05, 0.1) is 14.2 Å². The Kier molecular flexibility index (Phi) is 3.56. The van der Waals surface area contributed by atoms with E-state index in [4.69, 9.17) is 14.2 Å². The van der Waals surface area contributed by atoms with Gasteiger partial charge in [-0.3, -0.25) is 0 Å². The SMILES string of the molecule is COc1cc(OC2CNC2)cc(OC)c1Br. The van der Waals surface area contributed by atoms with Crippen LogP contribution in [0.2, 0.25) is 0 Å². The summed E-state index contributed by atoms with van der Waals surface area (Å²) in [7, 11) is 3.24. The van der Waals surface area contributed by atoms with Crippen LogP contribution in [0, 0.1) is 0 Å². The minimum Gasteiger partial charge on any atom is -0.495 e. The Hall–Kier alpha value is -0.940. The minimum atomic E-state index is 0.246. The van der Waals surface area contributed by atoms with E-state index in [-0.39, 0.29) is 6.10 Å². The predicted molar refractivity (Wildman–Crippen MR) is 64.5 cm³/mol. The van der Waals surface area contributed by atoms with Crippen LogP contribution < -0.4 is 19.5 Å². The summed E-state index contributed by atoms with van der Waals surface area (Å²) in [6.07, 6.45) is 0.246. The van der Waals surface area contributed by atoms with Gasteiger partial charge in [-0.25, -0.2) is 0 Å². The van der Waals surface area contributed by atoms with Crippen LogP contribution in [0.1, 0.15) is 0 Å². The molecule has 4 nitrogen and oxygen atoms in total. The molecule has 0 amide bonds. The molecule has 1 saturated heterocycles. The summed E-state index contributed by atoms with van der Waals surface area (Å²) in [6, 6.07) is 3.70. The molecule has 0 spiro atoms. The van der Waals surface area contributed by atoms with Gasteiger partial charge in [-0.05, 0) is 15.9 Å². The zero-order valence-electron chi connectivity index (χ0n) is 9.25. The molecule has 2 rings (SSSR count). The second kappa shape index (κ2) is 4.93. The lowest BCUT2D eigenvalue weighted by molar-refractivity contribution is 0.141. The first kappa shape index (κ1) is 11.5. The highest BCUT2D eigenvalue weighted by Gasteiger charge is 2.20. The third kappa shape index (κ3) is 2.25. The van der Waals surface area contributed by atoms with Crippen molar-refractivity contribution in [2.24, 2.45) is 0 Å². The molecule has 0 atom stereocenters. The fraction of sp³-hybridized carbons (Fsp3) is 0.455. The van der Waals surface area contributed by atoms with Crippen molar-refractivity contribution in [2.75, 3.05) is 27.3 Å². The Labute approximate surface area is 103 Å². The van der Waals surface area contributed by atoms with Crippen LogP contribution in [0.5, 0.6) is 17.2 Å². The molecule has 1 N–H and O–H groups in total. The summed E-state index contributed by atoms with van der Waals surface area (Å²) in [5, 5.41) is 3.15. The first-order valence-corrected chi connectivity index (χ1v) is 5.82. The van der Waals surface area contributed by atoms with E-state index < -0.39 is 0 Å². The first-order chi connectivity index (χ1) is 7.74. The van der Waals surface area contributed by atoms with E-state index in [1.54, 1.807) is 14.2 Å². The van der Waals surface area contributed by atoms with Crippen molar-refractivity contribution in [3.63, 3.8) is 0 Å². The van der Waals surface area contributed by atoms with Gasteiger partial charge in [-0.2, -0.15) is 0 Å². The fourth-order valence-electron chi connectivity index (χ4n) is 1.45. The van der Waals surface area contributed by atoms with E-state index in [0.717, 1.165) is 23.3 Å². The van der Waals surface area contributed by atoms with Gasteiger partial charge in [0.15, 0.2) is 0 Å². The molecule has 0 aromatic heterocycles. The van der Waals surface area contributed by atoms with Gasteiger partial charge in [0.2, 0.25) is 0 Å². The second-order valence-corrected chi connectivity index (χ2v) is 4.33. The van der Waals surface area contributed by atoms with Gasteiger partial charge < -0.3 is 19.5 Å². The van der Waals surface area contributed by atoms with Gasteiger partial charge in [-0.1, -0.05) is 0 Å². The Balaban J connectivity index is 2.23. The van der Waals surface area contributed by atoms with E-state index in [1.165, 1.54) is 0 Å². The van der Waals surface area contributed by atoms with E-state index in [1.807, 2.05) is 12.1 Å². The number of hydrogen-bond acceptors (Lipinski definition) is 4. The lowest BCUT2D eigenvalue weighted by Gasteiger charge is -2.28. The molecule has 0 aliphatic carbocycles. The van der Waals surface area contributed by atoms with Crippen molar-refractivity contribution in [1.82, 2.24) is 5.32 Å². The number of nitrogens with one attached hydrogen (secondary N) is 1. The van der Waals surface area contributed by atoms with Crippen molar-refractivity contribution in [2.45, 2.75) is 6.10 Å². The summed E-state index contributed by atoms with van der Waals surface area (Å²) in [5.74, 6) is 2.19. The maximum Gasteiger partial charge on any atom is 0.140 e. The second-order valence-electron chi connectivity index (χ2n) is 3.54. The van der Waals surface area contributed by atoms with Crippen molar-refractivity contribution >= 4 is 15.9 Å². The van der Waals surface area contributed by atoms with Crippen LogP contribution in [0.15, 0.2) is 16.6 Å². The number of methoxy groups -OCH3 is 2. The van der Waals surface area contributed by atoms with E-state index in [0.29, 0.717) is 11.5 Å². The molecule has 5 heteroatoms. The standard InChI is InChI=1S/C11H14BrNO3/c1-14-9-3-7(16-8-5-13-6-8)4-10(15-2)11(9)12/h3-4,8,13H,5-6H2,1-2H3. The average molecular weight is 288 g/mol. The van der Waals surface area contributed by atoms with E-state index in [9.17, 15) is 0 Å². The van der Waals surface area contributed by atoms with Crippen molar-refractivity contribution in [3.05, 3.63) is 16.6 Å². The van der Waals surface area contributed by atoms with Crippen LogP contribution in [0.25, 0.3) is 0 Å². The van der Waals surface area contributed by atoms with Crippen LogP contribution >= 0.6 is 15.9 Å². The first-order valence-electron chi connectivity index (χ1n) is 5.03. The third-order valence-corrected chi connectivity index (χ3v) is 3.25. The lowest BCUT2D eigenvalue weighted by Crippen LogP contribution is -2.50. The van der Waals surface area contributed by atoms with E-state index in [2.05, 4.69) is 21.2 Å². The molecule has 0 bridgehead atoms. The quantitative estimate of drug-likeness (QED) is 0.917. The molecular formula is C11H14BrNO3. The Morgan fingerprint density at radius 3 is 2.12 bits per heavy atom. The minimum absolute atomic E-state index is 0.246. The van der Waals surface area contributed by atoms with Gasteiger partial charge in [-0.15, -0.1) is 0 Å². The smallest absolute Gasteiger partial charge is 0.140 e. The maximum absolute atomic E-state index is 5.75. The molecule has 0 radical (unpaired) electrons. The van der Waals surface area contributed by atoms with Crippen LogP contribution in [-0.4, -0.2) is 33.4 Å². The van der Waals surface area contributed by atoms with Crippen molar-refractivity contribution in [1.29, 1.82) is 0 Å². The molecule has 1 aromatic carbocycles. The number of rotatable bonds is 4. The van der Waals surface area contributed by atoms with E-state index >= 15 is 0 Å². The molecule has 88 valence electrons. The predicted octanol–water partition coefficient (Wildman–Crippen LogP) is 1.82. The summed E-state index contributed by atoms with van der Waals surface area (Å²) in [5.41, 5.74) is 0. The molecule has 0 saturated carbocycles. The number of benzene rings is 1. The zero-order chi connectivity index (χ0) is 11.5. The highest BCUT2D eigenvalue weighted by Crippen LogP contribution is 2.38. The molecule has 0 unspecified atom stereocenters. The average Bonchev–Trinajstić information content (AvgIpc) is 2.25. The highest BCUT2D eigenvalue weighted by molar-refractivity contribution is 9.10. The highest BCUT2D eigenvalue weighted by atomic mass is 79.9. The Morgan fingerprint density at radius 1 is 1.19 bits per heavy atom. The van der Waals surface area contributed by atoms with Crippen molar-refractivity contribution in [3.8, 4) is 17.2 Å². The van der Waals surface area contributed by atoms with Gasteiger partial charge in [0, 0.05) is 25.2 Å². The fourth-order valence-corrected chi connectivity index (χ4v) is 2.00. The number of ether oxygens (including phenoxy) is 3. The summed E-state index contributed by atoms with van der Waals surface area (Å²) >= 11 is 3.42. The molecule has 1 fully saturated rings. The molecule has 1 aliphatic heterocycles. The Morgan fingerprint density at radius 2 is 1.75 bits per heavy atom. The lowest BCUT2D eigenvalue weighted by atomic mass is 10.2. The summed E-state index contributed by atoms with van der Waals surface area (Å²) < 4.78 is 17.0. The molecule has 1 heterocycles. The monoisotopic (exact) mass is 287 g/mol. The summed E-state index contributed by atoms with van der Waals surface area (Å²) in [4.78, 5) is 0. The number of hydrogen-bond donors (Lipinski definition) is 1. The van der Waals surface area contributed by atoms with Crippen LogP contribution in [0.3, 0.4) is 0 Å². The molecule has 16 heavy (non-hydrogen) atoms. The largest absolute Gasteiger partial charge is 0.495 e. The van der Waals surface area contributed by atoms with Gasteiger partial charge in [0.1, 0.15) is 27.8 Å². The molecular weight excluding hydrogens is 274 g/mol. The molecule has 1 aliphatic rings. The topological polar surface area (TPSA) is 39.7 Å². The van der Waals surface area contributed by atoms with Crippen molar-refractivity contribution < 1.29 is 14.2 Å². The maximum atomic E-state index is 5.75. The Bertz CT molecular complexity index is 354. The van der Waals surface area contributed by atoms with Crippen LogP contribution in [0.4, 0.5) is 0 Å².